The lowest BCUT2D eigenvalue weighted by Gasteiger charge is -2.36. The zero-order chi connectivity index (χ0) is 12.1. The van der Waals surface area contributed by atoms with Crippen LogP contribution in [0.2, 0.25) is 0 Å². The van der Waals surface area contributed by atoms with Crippen molar-refractivity contribution in [1.29, 1.82) is 0 Å². The van der Waals surface area contributed by atoms with Gasteiger partial charge in [-0.15, -0.1) is 0 Å². The summed E-state index contributed by atoms with van der Waals surface area (Å²) in [5.74, 6) is 0. The molecular weight excluding hydrogens is 231 g/mol. The molecule has 2 rings (SSSR count). The van der Waals surface area contributed by atoms with Crippen LogP contribution >= 0.6 is 7.37 Å². The van der Waals surface area contributed by atoms with E-state index in [9.17, 15) is 4.57 Å². The third-order valence-corrected chi connectivity index (χ3v) is 7.95. The highest BCUT2D eigenvalue weighted by Gasteiger charge is 2.42. The van der Waals surface area contributed by atoms with Crippen LogP contribution in [0.3, 0.4) is 0 Å². The Morgan fingerprint density at radius 1 is 0.882 bits per heavy atom. The van der Waals surface area contributed by atoms with Gasteiger partial charge < -0.3 is 4.52 Å². The van der Waals surface area contributed by atoms with Crippen molar-refractivity contribution in [2.24, 2.45) is 0 Å². The molecule has 2 aliphatic carbocycles. The molecule has 0 aliphatic heterocycles. The van der Waals surface area contributed by atoms with Gasteiger partial charge in [-0.2, -0.15) is 0 Å². The first kappa shape index (κ1) is 13.2. The highest BCUT2D eigenvalue weighted by molar-refractivity contribution is 7.60. The van der Waals surface area contributed by atoms with Gasteiger partial charge in [0, 0.05) is 11.3 Å². The molecular formula is C14H25O2P. The molecule has 2 nitrogen and oxygen atoms in total. The Bertz CT molecular complexity index is 267. The van der Waals surface area contributed by atoms with Gasteiger partial charge in [0.15, 0.2) is 0 Å². The maximum Gasteiger partial charge on any atom is 0.253 e. The fourth-order valence-corrected chi connectivity index (χ4v) is 6.81. The Morgan fingerprint density at radius 2 is 1.29 bits per heavy atom. The minimum atomic E-state index is -2.49. The zero-order valence-electron chi connectivity index (χ0n) is 10.8. The van der Waals surface area contributed by atoms with E-state index in [1.54, 1.807) is 0 Å². The van der Waals surface area contributed by atoms with Gasteiger partial charge >= 0.3 is 0 Å². The van der Waals surface area contributed by atoms with Crippen molar-refractivity contribution in [3.8, 4) is 0 Å². The van der Waals surface area contributed by atoms with Gasteiger partial charge in [-0.05, 0) is 25.7 Å². The SMILES string of the molecule is C=COP(=O)(C1CCCCC1)C1CCCCC1. The predicted molar refractivity (Wildman–Crippen MR) is 72.6 cm³/mol. The second-order valence-corrected chi connectivity index (χ2v) is 8.46. The van der Waals surface area contributed by atoms with Crippen LogP contribution in [-0.2, 0) is 9.09 Å². The second-order valence-electron chi connectivity index (χ2n) is 5.50. The number of hydrogen-bond acceptors (Lipinski definition) is 2. The third kappa shape index (κ3) is 2.96. The summed E-state index contributed by atoms with van der Waals surface area (Å²) in [6.45, 7) is 3.64. The van der Waals surface area contributed by atoms with Gasteiger partial charge in [-0.3, -0.25) is 4.57 Å². The van der Waals surface area contributed by atoms with Gasteiger partial charge in [0.1, 0.15) is 0 Å². The van der Waals surface area contributed by atoms with E-state index in [1.807, 2.05) is 0 Å². The molecule has 0 unspecified atom stereocenters. The van der Waals surface area contributed by atoms with Gasteiger partial charge in [0.25, 0.3) is 7.37 Å². The third-order valence-electron chi connectivity index (χ3n) is 4.41. The van der Waals surface area contributed by atoms with Crippen molar-refractivity contribution in [2.45, 2.75) is 75.5 Å². The first-order valence-electron chi connectivity index (χ1n) is 7.16. The summed E-state index contributed by atoms with van der Waals surface area (Å²) in [6.07, 6.45) is 13.3. The molecule has 0 aromatic carbocycles. The molecule has 0 heterocycles. The van der Waals surface area contributed by atoms with Gasteiger partial charge in [0.05, 0.1) is 6.26 Å². The lowest BCUT2D eigenvalue weighted by atomic mass is 10.00. The molecule has 98 valence electrons. The molecule has 0 radical (unpaired) electrons. The van der Waals surface area contributed by atoms with Crippen LogP contribution in [0.25, 0.3) is 0 Å². The molecule has 2 fully saturated rings. The molecule has 0 aromatic heterocycles. The maximum absolute atomic E-state index is 13.2. The highest BCUT2D eigenvalue weighted by atomic mass is 31.2. The topological polar surface area (TPSA) is 26.3 Å². The summed E-state index contributed by atoms with van der Waals surface area (Å²) in [7, 11) is -2.49. The average molecular weight is 256 g/mol. The Kier molecular flexibility index (Phi) is 4.73. The molecule has 0 bridgehead atoms. The Balaban J connectivity index is 2.11. The smallest absolute Gasteiger partial charge is 0.253 e. The van der Waals surface area contributed by atoms with Crippen molar-refractivity contribution >= 4 is 7.37 Å². The fraction of sp³-hybridized carbons (Fsp3) is 0.857. The molecule has 0 N–H and O–H groups in total. The number of rotatable bonds is 4. The van der Waals surface area contributed by atoms with E-state index in [1.165, 1.54) is 44.8 Å². The molecule has 0 amide bonds. The van der Waals surface area contributed by atoms with Crippen molar-refractivity contribution < 1.29 is 9.09 Å². The van der Waals surface area contributed by atoms with E-state index in [2.05, 4.69) is 6.58 Å². The van der Waals surface area contributed by atoms with Gasteiger partial charge in [-0.1, -0.05) is 45.1 Å². The van der Waals surface area contributed by atoms with E-state index in [0.717, 1.165) is 25.7 Å². The molecule has 3 heteroatoms. The molecule has 17 heavy (non-hydrogen) atoms. The van der Waals surface area contributed by atoms with Gasteiger partial charge in [0.2, 0.25) is 0 Å². The highest BCUT2D eigenvalue weighted by Crippen LogP contribution is 2.63. The average Bonchev–Trinajstić information content (AvgIpc) is 2.41. The van der Waals surface area contributed by atoms with Crippen LogP contribution < -0.4 is 0 Å². The van der Waals surface area contributed by atoms with Crippen LogP contribution in [0.4, 0.5) is 0 Å². The van der Waals surface area contributed by atoms with Crippen LogP contribution in [0.5, 0.6) is 0 Å². The maximum atomic E-state index is 13.2. The minimum Gasteiger partial charge on any atom is -0.451 e. The zero-order valence-corrected chi connectivity index (χ0v) is 11.7. The van der Waals surface area contributed by atoms with Gasteiger partial charge in [-0.25, -0.2) is 0 Å². The first-order chi connectivity index (χ1) is 8.27. The monoisotopic (exact) mass is 256 g/mol. The molecule has 0 saturated heterocycles. The molecule has 0 spiro atoms. The standard InChI is InChI=1S/C14H25O2P/c1-2-16-17(15,13-9-5-3-6-10-13)14-11-7-4-8-12-14/h2,13-14H,1,3-12H2. The van der Waals surface area contributed by atoms with Crippen LogP contribution in [0, 0.1) is 0 Å². The summed E-state index contributed by atoms with van der Waals surface area (Å²) in [5.41, 5.74) is 0.634. The Morgan fingerprint density at radius 3 is 1.65 bits per heavy atom. The fourth-order valence-electron chi connectivity index (χ4n) is 3.47. The summed E-state index contributed by atoms with van der Waals surface area (Å²) in [5, 5.41) is 0. The van der Waals surface area contributed by atoms with Crippen LogP contribution in [0.15, 0.2) is 12.8 Å². The normalized spacial score (nSPS) is 24.5. The molecule has 0 aromatic rings. The largest absolute Gasteiger partial charge is 0.451 e. The van der Waals surface area contributed by atoms with E-state index in [4.69, 9.17) is 4.52 Å². The van der Waals surface area contributed by atoms with E-state index >= 15 is 0 Å². The Hall–Kier alpha value is -0.230. The first-order valence-corrected chi connectivity index (χ1v) is 8.92. The van der Waals surface area contributed by atoms with Crippen molar-refractivity contribution in [1.82, 2.24) is 0 Å². The predicted octanol–water partition coefficient (Wildman–Crippen LogP) is 5.09. The van der Waals surface area contributed by atoms with Crippen molar-refractivity contribution in [2.75, 3.05) is 0 Å². The van der Waals surface area contributed by atoms with Crippen molar-refractivity contribution in [3.63, 3.8) is 0 Å². The summed E-state index contributed by atoms with van der Waals surface area (Å²) >= 11 is 0. The molecule has 0 atom stereocenters. The van der Waals surface area contributed by atoms with Crippen molar-refractivity contribution in [3.05, 3.63) is 12.8 Å². The summed E-state index contributed by atoms with van der Waals surface area (Å²) in [6, 6.07) is 0. The van der Waals surface area contributed by atoms with Crippen LogP contribution in [0.1, 0.15) is 64.2 Å². The quantitative estimate of drug-likeness (QED) is 0.517. The Labute approximate surface area is 105 Å². The number of hydrogen-bond donors (Lipinski definition) is 0. The lowest BCUT2D eigenvalue weighted by Crippen LogP contribution is -2.24. The second kappa shape index (κ2) is 6.09. The minimum absolute atomic E-state index is 0.317. The van der Waals surface area contributed by atoms with Crippen LogP contribution in [-0.4, -0.2) is 11.3 Å². The van der Waals surface area contributed by atoms with E-state index in [0.29, 0.717) is 11.3 Å². The summed E-state index contributed by atoms with van der Waals surface area (Å²) < 4.78 is 18.9. The van der Waals surface area contributed by atoms with E-state index in [-0.39, 0.29) is 0 Å². The molecule has 2 saturated carbocycles. The lowest BCUT2D eigenvalue weighted by molar-refractivity contribution is 0.367. The summed E-state index contributed by atoms with van der Waals surface area (Å²) in [4.78, 5) is 0. The molecule has 2 aliphatic rings. The van der Waals surface area contributed by atoms with E-state index < -0.39 is 7.37 Å².